The fraction of sp³-hybridized carbons (Fsp3) is 0.353. The molecule has 0 radical (unpaired) electrons. The fourth-order valence-electron chi connectivity index (χ4n) is 2.14. The Morgan fingerprint density at radius 1 is 1.38 bits per heavy atom. The number of hydrogen-bond acceptors (Lipinski definition) is 5. The molecule has 6 nitrogen and oxygen atoms in total. The van der Waals surface area contributed by atoms with E-state index in [2.05, 4.69) is 15.3 Å². The van der Waals surface area contributed by atoms with Crippen molar-refractivity contribution in [3.8, 4) is 5.75 Å². The minimum absolute atomic E-state index is 0.156. The number of para-hydroxylation sites is 2. The van der Waals surface area contributed by atoms with Gasteiger partial charge in [-0.3, -0.25) is 9.59 Å². The predicted octanol–water partition coefficient (Wildman–Crippen LogP) is 2.85. The Labute approximate surface area is 145 Å². The number of aryl methyl sites for hydroxylation is 1. The van der Waals surface area contributed by atoms with Crippen LogP contribution in [0.5, 0.6) is 5.75 Å². The van der Waals surface area contributed by atoms with Crippen LogP contribution >= 0.6 is 11.8 Å². The number of methoxy groups -OCH3 is 1. The number of aromatic amines is 1. The lowest BCUT2D eigenvalue weighted by molar-refractivity contribution is -0.115. The molecule has 2 N–H and O–H groups in total. The second-order valence-electron chi connectivity index (χ2n) is 5.10. The highest BCUT2D eigenvalue weighted by atomic mass is 32.2. The average Bonchev–Trinajstić information content (AvgIpc) is 2.59. The first-order chi connectivity index (χ1) is 11.6. The van der Waals surface area contributed by atoms with Gasteiger partial charge in [-0.05, 0) is 25.0 Å². The molecular weight excluding hydrogens is 326 g/mol. The molecule has 0 aliphatic rings. The maximum absolute atomic E-state index is 12.5. The van der Waals surface area contributed by atoms with Crippen molar-refractivity contribution < 1.29 is 9.53 Å². The molecule has 0 aliphatic carbocycles. The Morgan fingerprint density at radius 3 is 2.79 bits per heavy atom. The van der Waals surface area contributed by atoms with Gasteiger partial charge in [0.15, 0.2) is 5.16 Å². The zero-order chi connectivity index (χ0) is 17.5. The fourth-order valence-corrected chi connectivity index (χ4v) is 3.07. The van der Waals surface area contributed by atoms with Gasteiger partial charge >= 0.3 is 0 Å². The molecule has 0 aliphatic heterocycles. The number of aromatic nitrogens is 2. The van der Waals surface area contributed by atoms with Crippen molar-refractivity contribution >= 4 is 23.4 Å². The zero-order valence-electron chi connectivity index (χ0n) is 14.0. The quantitative estimate of drug-likeness (QED) is 0.594. The van der Waals surface area contributed by atoms with E-state index >= 15 is 0 Å². The number of H-pyrrole nitrogens is 1. The lowest BCUT2D eigenvalue weighted by Crippen LogP contribution is -2.25. The molecule has 1 aromatic heterocycles. The lowest BCUT2D eigenvalue weighted by Gasteiger charge is -2.15. The van der Waals surface area contributed by atoms with Gasteiger partial charge in [0.25, 0.3) is 5.56 Å². The van der Waals surface area contributed by atoms with Crippen molar-refractivity contribution in [2.45, 2.75) is 37.1 Å². The number of carbonyl (C=O) groups excluding carboxylic acids is 1. The van der Waals surface area contributed by atoms with Gasteiger partial charge in [-0.15, -0.1) is 0 Å². The molecule has 1 atom stereocenters. The third-order valence-corrected chi connectivity index (χ3v) is 4.67. The summed E-state index contributed by atoms with van der Waals surface area (Å²) in [6, 6.07) is 8.71. The maximum atomic E-state index is 12.5. The summed E-state index contributed by atoms with van der Waals surface area (Å²) in [6.45, 7) is 3.85. The molecule has 2 aromatic rings. The molecule has 1 unspecified atom stereocenters. The normalized spacial score (nSPS) is 11.8. The van der Waals surface area contributed by atoms with Crippen LogP contribution in [0.4, 0.5) is 5.69 Å². The number of nitrogens with one attached hydrogen (secondary N) is 2. The van der Waals surface area contributed by atoms with Crippen LogP contribution in [0, 0.1) is 0 Å². The summed E-state index contributed by atoms with van der Waals surface area (Å²) in [4.78, 5) is 31.3. The Kier molecular flexibility index (Phi) is 6.43. The highest BCUT2D eigenvalue weighted by Crippen LogP contribution is 2.27. The summed E-state index contributed by atoms with van der Waals surface area (Å²) in [5, 5.41) is 2.96. The summed E-state index contributed by atoms with van der Waals surface area (Å²) >= 11 is 1.25. The van der Waals surface area contributed by atoms with E-state index in [1.807, 2.05) is 26.0 Å². The molecule has 0 bridgehead atoms. The van der Waals surface area contributed by atoms with E-state index in [4.69, 9.17) is 4.74 Å². The van der Waals surface area contributed by atoms with Crippen molar-refractivity contribution in [2.24, 2.45) is 0 Å². The van der Waals surface area contributed by atoms with Crippen LogP contribution in [0.15, 0.2) is 40.3 Å². The van der Waals surface area contributed by atoms with Crippen LogP contribution in [0.2, 0.25) is 0 Å². The van der Waals surface area contributed by atoms with E-state index in [-0.39, 0.29) is 16.7 Å². The molecule has 7 heteroatoms. The second kappa shape index (κ2) is 8.54. The Bertz CT molecular complexity index is 761. The summed E-state index contributed by atoms with van der Waals surface area (Å²) in [5.74, 6) is 0.446. The van der Waals surface area contributed by atoms with Crippen LogP contribution in [0.1, 0.15) is 26.0 Å². The Morgan fingerprint density at radius 2 is 2.12 bits per heavy atom. The van der Waals surface area contributed by atoms with Crippen molar-refractivity contribution in [1.29, 1.82) is 0 Å². The number of thioether (sulfide) groups is 1. The largest absolute Gasteiger partial charge is 0.495 e. The molecule has 0 spiro atoms. The van der Waals surface area contributed by atoms with E-state index in [0.29, 0.717) is 35.1 Å². The van der Waals surface area contributed by atoms with Crippen LogP contribution in [-0.2, 0) is 11.2 Å². The number of nitrogens with zero attached hydrogens (tertiary/aromatic N) is 1. The molecule has 0 fully saturated rings. The van der Waals surface area contributed by atoms with Crippen LogP contribution in [0.3, 0.4) is 0 Å². The van der Waals surface area contributed by atoms with Gasteiger partial charge in [0.1, 0.15) is 5.75 Å². The van der Waals surface area contributed by atoms with Crippen LogP contribution in [0.25, 0.3) is 0 Å². The van der Waals surface area contributed by atoms with E-state index in [1.165, 1.54) is 17.8 Å². The highest BCUT2D eigenvalue weighted by Gasteiger charge is 2.20. The molecular formula is C17H21N3O3S. The van der Waals surface area contributed by atoms with Gasteiger partial charge < -0.3 is 15.0 Å². The first-order valence-electron chi connectivity index (χ1n) is 7.78. The van der Waals surface area contributed by atoms with Gasteiger partial charge in [0.05, 0.1) is 18.0 Å². The summed E-state index contributed by atoms with van der Waals surface area (Å²) in [5.41, 5.74) is 1.12. The summed E-state index contributed by atoms with van der Waals surface area (Å²) < 4.78 is 5.24. The molecule has 128 valence electrons. The maximum Gasteiger partial charge on any atom is 0.251 e. The Hall–Kier alpha value is -2.28. The van der Waals surface area contributed by atoms with Gasteiger partial charge in [-0.25, -0.2) is 4.98 Å². The summed E-state index contributed by atoms with van der Waals surface area (Å²) in [7, 11) is 1.56. The molecule has 1 aromatic carbocycles. The monoisotopic (exact) mass is 347 g/mol. The summed E-state index contributed by atoms with van der Waals surface area (Å²) in [6.07, 6.45) is 1.27. The third-order valence-electron chi connectivity index (χ3n) is 3.42. The molecule has 0 saturated carbocycles. The van der Waals surface area contributed by atoms with Crippen molar-refractivity contribution in [1.82, 2.24) is 9.97 Å². The van der Waals surface area contributed by atoms with E-state index < -0.39 is 0 Å². The Balaban J connectivity index is 2.14. The average molecular weight is 347 g/mol. The lowest BCUT2D eigenvalue weighted by atomic mass is 10.2. The first kappa shape index (κ1) is 18.1. The third kappa shape index (κ3) is 4.61. The number of carbonyl (C=O) groups is 1. The number of amides is 1. The second-order valence-corrected chi connectivity index (χ2v) is 6.29. The minimum atomic E-state index is -0.370. The van der Waals surface area contributed by atoms with Crippen molar-refractivity contribution in [3.05, 3.63) is 46.4 Å². The molecule has 2 rings (SSSR count). The van der Waals surface area contributed by atoms with Crippen molar-refractivity contribution in [2.75, 3.05) is 12.4 Å². The van der Waals surface area contributed by atoms with Gasteiger partial charge in [0, 0.05) is 11.8 Å². The topological polar surface area (TPSA) is 84.1 Å². The molecule has 1 amide bonds. The van der Waals surface area contributed by atoms with Gasteiger partial charge in [-0.2, -0.15) is 0 Å². The number of ether oxygens (including phenoxy) is 1. The number of rotatable bonds is 7. The molecule has 24 heavy (non-hydrogen) atoms. The standard InChI is InChI=1S/C17H21N3O3S/c1-4-11-10-15(21)20-17(18-11)24-14(5-2)16(22)19-12-8-6-7-9-13(12)23-3/h6-10,14H,4-5H2,1-3H3,(H,19,22)(H,18,20,21). The van der Waals surface area contributed by atoms with E-state index in [9.17, 15) is 9.59 Å². The number of anilines is 1. The number of hydrogen-bond donors (Lipinski definition) is 2. The van der Waals surface area contributed by atoms with Crippen molar-refractivity contribution in [3.63, 3.8) is 0 Å². The van der Waals surface area contributed by atoms with E-state index in [1.54, 1.807) is 19.2 Å². The SMILES string of the molecule is CCc1cc(=O)[nH]c(SC(CC)C(=O)Nc2ccccc2OC)n1. The highest BCUT2D eigenvalue weighted by molar-refractivity contribution is 8.00. The van der Waals surface area contributed by atoms with Crippen LogP contribution in [-0.4, -0.2) is 28.2 Å². The molecule has 1 heterocycles. The number of benzene rings is 1. The molecule has 0 saturated heterocycles. The smallest absolute Gasteiger partial charge is 0.251 e. The predicted molar refractivity (Wildman–Crippen MR) is 95.8 cm³/mol. The first-order valence-corrected chi connectivity index (χ1v) is 8.66. The zero-order valence-corrected chi connectivity index (χ0v) is 14.8. The minimum Gasteiger partial charge on any atom is -0.495 e. The van der Waals surface area contributed by atoms with Gasteiger partial charge in [-0.1, -0.05) is 37.7 Å². The van der Waals surface area contributed by atoms with Gasteiger partial charge in [0.2, 0.25) is 5.91 Å². The van der Waals surface area contributed by atoms with E-state index in [0.717, 1.165) is 0 Å². The van der Waals surface area contributed by atoms with Crippen LogP contribution < -0.4 is 15.6 Å².